The summed E-state index contributed by atoms with van der Waals surface area (Å²) in [4.78, 5) is 36.6. The Morgan fingerprint density at radius 1 is 1.35 bits per heavy atom. The molecule has 0 aliphatic carbocycles. The van der Waals surface area contributed by atoms with E-state index in [1.807, 2.05) is 13.8 Å². The monoisotopic (exact) mass is 238 g/mol. The highest BCUT2D eigenvalue weighted by Gasteiger charge is 2.50. The van der Waals surface area contributed by atoms with Crippen LogP contribution < -0.4 is 5.32 Å². The number of amides is 3. The minimum Gasteiger partial charge on any atom is -0.341 e. The summed E-state index contributed by atoms with van der Waals surface area (Å²) >= 11 is 0. The second-order valence-corrected chi connectivity index (χ2v) is 5.50. The van der Waals surface area contributed by atoms with Gasteiger partial charge in [-0.25, -0.2) is 0 Å². The lowest BCUT2D eigenvalue weighted by molar-refractivity contribution is -0.142. The lowest BCUT2D eigenvalue weighted by Gasteiger charge is -2.30. The van der Waals surface area contributed by atoms with E-state index in [0.717, 1.165) is 0 Å². The van der Waals surface area contributed by atoms with Gasteiger partial charge in [0, 0.05) is 25.9 Å². The Morgan fingerprint density at radius 3 is 2.65 bits per heavy atom. The van der Waals surface area contributed by atoms with Gasteiger partial charge in [-0.1, -0.05) is 13.8 Å². The Hall–Kier alpha value is -1.39. The van der Waals surface area contributed by atoms with Gasteiger partial charge in [-0.15, -0.1) is 0 Å². The molecule has 0 aromatic heterocycles. The second-order valence-electron chi connectivity index (χ2n) is 5.50. The molecule has 0 aromatic carbocycles. The van der Waals surface area contributed by atoms with Gasteiger partial charge in [0.05, 0.1) is 5.41 Å². The predicted molar refractivity (Wildman–Crippen MR) is 60.9 cm³/mol. The van der Waals surface area contributed by atoms with Gasteiger partial charge < -0.3 is 4.90 Å². The Balaban J connectivity index is 2.11. The van der Waals surface area contributed by atoms with Crippen molar-refractivity contribution in [1.82, 2.24) is 10.2 Å². The van der Waals surface area contributed by atoms with E-state index in [1.54, 1.807) is 4.90 Å². The number of imide groups is 1. The average molecular weight is 238 g/mol. The summed E-state index contributed by atoms with van der Waals surface area (Å²) in [6, 6.07) is 0. The van der Waals surface area contributed by atoms with Gasteiger partial charge in [-0.05, 0) is 12.3 Å². The molecule has 3 amide bonds. The van der Waals surface area contributed by atoms with E-state index in [4.69, 9.17) is 0 Å². The maximum atomic E-state index is 11.9. The molecule has 0 bridgehead atoms. The number of carbonyl (C=O) groups excluding carboxylic acids is 3. The van der Waals surface area contributed by atoms with Crippen LogP contribution in [0.5, 0.6) is 0 Å². The van der Waals surface area contributed by atoms with Crippen molar-refractivity contribution in [1.29, 1.82) is 0 Å². The molecule has 2 rings (SSSR count). The number of likely N-dealkylation sites (tertiary alicyclic amines) is 1. The van der Waals surface area contributed by atoms with E-state index < -0.39 is 5.41 Å². The van der Waals surface area contributed by atoms with Crippen molar-refractivity contribution in [2.75, 3.05) is 13.1 Å². The first-order valence-electron chi connectivity index (χ1n) is 6.05. The molecule has 0 saturated carbocycles. The third-order valence-corrected chi connectivity index (χ3v) is 3.49. The van der Waals surface area contributed by atoms with E-state index in [-0.39, 0.29) is 24.1 Å². The van der Waals surface area contributed by atoms with E-state index in [2.05, 4.69) is 5.32 Å². The van der Waals surface area contributed by atoms with Gasteiger partial charge in [-0.3, -0.25) is 19.7 Å². The van der Waals surface area contributed by atoms with Gasteiger partial charge in [0.15, 0.2) is 0 Å². The predicted octanol–water partition coefficient (Wildman–Crippen LogP) is 0.298. The van der Waals surface area contributed by atoms with Crippen LogP contribution in [0.3, 0.4) is 0 Å². The number of hydrogen-bond acceptors (Lipinski definition) is 3. The van der Waals surface area contributed by atoms with Crippen molar-refractivity contribution in [3.63, 3.8) is 0 Å². The molecule has 2 aliphatic rings. The maximum Gasteiger partial charge on any atom is 0.235 e. The quantitative estimate of drug-likeness (QED) is 0.703. The third-order valence-electron chi connectivity index (χ3n) is 3.49. The van der Waals surface area contributed by atoms with Crippen LogP contribution >= 0.6 is 0 Å². The normalized spacial score (nSPS) is 29.4. The molecule has 1 spiro atoms. The number of nitrogens with zero attached hydrogens (tertiary/aromatic N) is 1. The molecule has 94 valence electrons. The number of hydrogen-bond donors (Lipinski definition) is 1. The van der Waals surface area contributed by atoms with Crippen molar-refractivity contribution in [2.45, 2.75) is 33.1 Å². The smallest absolute Gasteiger partial charge is 0.235 e. The van der Waals surface area contributed by atoms with Crippen LogP contribution in [0.15, 0.2) is 0 Å². The summed E-state index contributed by atoms with van der Waals surface area (Å²) in [5, 5.41) is 2.35. The van der Waals surface area contributed by atoms with Crippen LogP contribution in [-0.4, -0.2) is 35.7 Å². The number of rotatable bonds is 2. The Morgan fingerprint density at radius 2 is 2.06 bits per heavy atom. The first-order valence-corrected chi connectivity index (χ1v) is 6.05. The molecule has 5 nitrogen and oxygen atoms in total. The first-order chi connectivity index (χ1) is 7.93. The van der Waals surface area contributed by atoms with E-state index in [0.29, 0.717) is 31.8 Å². The number of piperidine rings is 1. The van der Waals surface area contributed by atoms with Crippen LogP contribution in [0.1, 0.15) is 33.1 Å². The van der Waals surface area contributed by atoms with Crippen LogP contribution in [0.2, 0.25) is 0 Å². The summed E-state index contributed by atoms with van der Waals surface area (Å²) in [5.41, 5.74) is -0.653. The van der Waals surface area contributed by atoms with Gasteiger partial charge in [-0.2, -0.15) is 0 Å². The van der Waals surface area contributed by atoms with E-state index in [1.165, 1.54) is 0 Å². The summed E-state index contributed by atoms with van der Waals surface area (Å²) in [5.74, 6) is -0.0747. The third kappa shape index (κ3) is 2.18. The van der Waals surface area contributed by atoms with E-state index in [9.17, 15) is 14.4 Å². The Bertz CT molecular complexity index is 378. The second kappa shape index (κ2) is 4.13. The van der Waals surface area contributed by atoms with Crippen LogP contribution in [-0.2, 0) is 14.4 Å². The molecule has 17 heavy (non-hydrogen) atoms. The first kappa shape index (κ1) is 12.1. The zero-order valence-corrected chi connectivity index (χ0v) is 10.3. The summed E-state index contributed by atoms with van der Waals surface area (Å²) in [7, 11) is 0. The highest BCUT2D eigenvalue weighted by Crippen LogP contribution is 2.38. The SMILES string of the molecule is CC(C)CN1CC2(CCC(=O)NC2=O)CC1=O. The van der Waals surface area contributed by atoms with Crippen molar-refractivity contribution in [3.8, 4) is 0 Å². The van der Waals surface area contributed by atoms with Gasteiger partial charge in [0.1, 0.15) is 0 Å². The fourth-order valence-corrected chi connectivity index (χ4v) is 2.63. The standard InChI is InChI=1S/C12H18N2O3/c1-8(2)6-14-7-12(5-10(14)16)4-3-9(15)13-11(12)17/h8H,3-7H2,1-2H3,(H,13,15,17). The summed E-state index contributed by atoms with van der Waals surface area (Å²) < 4.78 is 0. The molecule has 2 fully saturated rings. The van der Waals surface area contributed by atoms with Gasteiger partial charge >= 0.3 is 0 Å². The molecule has 2 saturated heterocycles. The number of nitrogens with one attached hydrogen (secondary N) is 1. The van der Waals surface area contributed by atoms with Crippen molar-refractivity contribution in [3.05, 3.63) is 0 Å². The molecule has 1 N–H and O–H groups in total. The van der Waals surface area contributed by atoms with Crippen molar-refractivity contribution in [2.24, 2.45) is 11.3 Å². The zero-order chi connectivity index (χ0) is 12.6. The summed E-state index contributed by atoms with van der Waals surface area (Å²) in [6.45, 7) is 5.23. The fourth-order valence-electron chi connectivity index (χ4n) is 2.63. The minimum atomic E-state index is -0.653. The molecule has 0 aromatic rings. The topological polar surface area (TPSA) is 66.5 Å². The summed E-state index contributed by atoms with van der Waals surface area (Å²) in [6.07, 6.45) is 1.09. The van der Waals surface area contributed by atoms with Crippen LogP contribution in [0.25, 0.3) is 0 Å². The van der Waals surface area contributed by atoms with Crippen LogP contribution in [0.4, 0.5) is 0 Å². The highest BCUT2D eigenvalue weighted by molar-refractivity contribution is 6.03. The average Bonchev–Trinajstić information content (AvgIpc) is 2.51. The van der Waals surface area contributed by atoms with Crippen LogP contribution in [0, 0.1) is 11.3 Å². The van der Waals surface area contributed by atoms with Crippen molar-refractivity contribution < 1.29 is 14.4 Å². The minimum absolute atomic E-state index is 0.0307. The lowest BCUT2D eigenvalue weighted by atomic mass is 9.79. The molecule has 5 heteroatoms. The molecular formula is C12H18N2O3. The highest BCUT2D eigenvalue weighted by atomic mass is 16.2. The van der Waals surface area contributed by atoms with E-state index >= 15 is 0 Å². The molecule has 2 aliphatic heterocycles. The van der Waals surface area contributed by atoms with Crippen molar-refractivity contribution >= 4 is 17.7 Å². The molecule has 1 unspecified atom stereocenters. The largest absolute Gasteiger partial charge is 0.341 e. The molecular weight excluding hydrogens is 220 g/mol. The lowest BCUT2D eigenvalue weighted by Crippen LogP contribution is -2.50. The molecule has 0 radical (unpaired) electrons. The molecule has 2 heterocycles. The van der Waals surface area contributed by atoms with Gasteiger partial charge in [0.2, 0.25) is 17.7 Å². The Kier molecular flexibility index (Phi) is 2.93. The van der Waals surface area contributed by atoms with Gasteiger partial charge in [0.25, 0.3) is 0 Å². The zero-order valence-electron chi connectivity index (χ0n) is 10.3. The maximum absolute atomic E-state index is 11.9. The Labute approximate surface area is 101 Å². The fraction of sp³-hybridized carbons (Fsp3) is 0.750. The molecule has 1 atom stereocenters. The number of carbonyl (C=O) groups is 3.